The maximum atomic E-state index is 10.7. The highest BCUT2D eigenvalue weighted by atomic mass is 32.2. The average Bonchev–Trinajstić information content (AvgIpc) is 2.86. The second kappa shape index (κ2) is 5.35. The van der Waals surface area contributed by atoms with Crippen LogP contribution in [-0.2, 0) is 6.42 Å². The Morgan fingerprint density at radius 2 is 2.17 bits per heavy atom. The van der Waals surface area contributed by atoms with Crippen LogP contribution in [0.5, 0.6) is 5.75 Å². The van der Waals surface area contributed by atoms with Gasteiger partial charge in [-0.05, 0) is 5.56 Å². The summed E-state index contributed by atoms with van der Waals surface area (Å²) in [6, 6.07) is 6.16. The van der Waals surface area contributed by atoms with Gasteiger partial charge in [0.15, 0.2) is 0 Å². The van der Waals surface area contributed by atoms with Gasteiger partial charge in [0.25, 0.3) is 0 Å². The number of ether oxygens (including phenoxy) is 1. The summed E-state index contributed by atoms with van der Waals surface area (Å²) in [6.07, 6.45) is 0.559. The van der Waals surface area contributed by atoms with Gasteiger partial charge >= 0.3 is 0 Å². The Labute approximate surface area is 116 Å². The first-order valence-electron chi connectivity index (χ1n) is 6.43. The van der Waals surface area contributed by atoms with Crippen LogP contribution in [0.25, 0.3) is 0 Å². The predicted octanol–water partition coefficient (Wildman–Crippen LogP) is 2.89. The van der Waals surface area contributed by atoms with Gasteiger partial charge in [0.05, 0.1) is 12.7 Å². The van der Waals surface area contributed by atoms with E-state index >= 15 is 0 Å². The van der Waals surface area contributed by atoms with Crippen LogP contribution >= 0.6 is 23.5 Å². The summed E-state index contributed by atoms with van der Waals surface area (Å²) < 4.78 is 5.70. The van der Waals surface area contributed by atoms with E-state index in [1.54, 1.807) is 0 Å². The summed E-state index contributed by atoms with van der Waals surface area (Å²) in [5.41, 5.74) is 2.23. The number of para-hydroxylation sites is 1. The topological polar surface area (TPSA) is 29.5 Å². The predicted molar refractivity (Wildman–Crippen MR) is 78.8 cm³/mol. The first-order valence-corrected chi connectivity index (χ1v) is 8.53. The van der Waals surface area contributed by atoms with E-state index in [1.165, 1.54) is 11.3 Å². The third-order valence-electron chi connectivity index (χ3n) is 3.61. The summed E-state index contributed by atoms with van der Waals surface area (Å²) in [4.78, 5) is 0. The Morgan fingerprint density at radius 1 is 1.33 bits per heavy atom. The SMILES string of the molecule is CC1SCCSC1C(O)c1cccc2c1OCC2. The zero-order chi connectivity index (χ0) is 12.5. The molecule has 0 spiro atoms. The van der Waals surface area contributed by atoms with Gasteiger partial charge in [-0.25, -0.2) is 0 Å². The van der Waals surface area contributed by atoms with Crippen molar-refractivity contribution in [3.05, 3.63) is 29.3 Å². The highest BCUT2D eigenvalue weighted by molar-refractivity contribution is 8.07. The van der Waals surface area contributed by atoms with Crippen molar-refractivity contribution in [1.82, 2.24) is 0 Å². The molecule has 0 radical (unpaired) electrons. The third kappa shape index (κ3) is 2.26. The van der Waals surface area contributed by atoms with E-state index in [1.807, 2.05) is 35.7 Å². The van der Waals surface area contributed by atoms with Gasteiger partial charge in [-0.1, -0.05) is 25.1 Å². The first-order chi connectivity index (χ1) is 8.77. The van der Waals surface area contributed by atoms with Crippen LogP contribution in [-0.4, -0.2) is 33.7 Å². The molecule has 4 heteroatoms. The number of aliphatic hydroxyl groups is 1. The lowest BCUT2D eigenvalue weighted by Crippen LogP contribution is -2.29. The summed E-state index contributed by atoms with van der Waals surface area (Å²) in [7, 11) is 0. The molecule has 1 N–H and O–H groups in total. The second-order valence-electron chi connectivity index (χ2n) is 4.79. The molecule has 3 atom stereocenters. The van der Waals surface area contributed by atoms with E-state index in [0.29, 0.717) is 5.25 Å². The van der Waals surface area contributed by atoms with E-state index in [0.717, 1.165) is 30.1 Å². The highest BCUT2D eigenvalue weighted by Gasteiger charge is 2.32. The van der Waals surface area contributed by atoms with Crippen molar-refractivity contribution in [3.8, 4) is 5.75 Å². The highest BCUT2D eigenvalue weighted by Crippen LogP contribution is 2.42. The largest absolute Gasteiger partial charge is 0.493 e. The van der Waals surface area contributed by atoms with Crippen LogP contribution in [0.1, 0.15) is 24.2 Å². The zero-order valence-corrected chi connectivity index (χ0v) is 12.1. The Bertz CT molecular complexity index is 436. The van der Waals surface area contributed by atoms with Gasteiger partial charge in [0.2, 0.25) is 0 Å². The monoisotopic (exact) mass is 282 g/mol. The number of hydrogen-bond donors (Lipinski definition) is 1. The summed E-state index contributed by atoms with van der Waals surface area (Å²) >= 11 is 3.85. The summed E-state index contributed by atoms with van der Waals surface area (Å²) in [5, 5.41) is 11.4. The molecular formula is C14H18O2S2. The van der Waals surface area contributed by atoms with Gasteiger partial charge in [0.1, 0.15) is 5.75 Å². The van der Waals surface area contributed by atoms with Crippen LogP contribution in [0.2, 0.25) is 0 Å². The molecule has 1 aromatic rings. The molecule has 0 saturated carbocycles. The van der Waals surface area contributed by atoms with Gasteiger partial charge in [-0.15, -0.1) is 0 Å². The number of thioether (sulfide) groups is 2. The maximum absolute atomic E-state index is 10.7. The number of aliphatic hydroxyl groups excluding tert-OH is 1. The van der Waals surface area contributed by atoms with Gasteiger partial charge in [0, 0.05) is 34.0 Å². The van der Waals surface area contributed by atoms with Crippen LogP contribution in [0, 0.1) is 0 Å². The Hall–Kier alpha value is -0.320. The molecule has 3 rings (SSSR count). The van der Waals surface area contributed by atoms with Crippen molar-refractivity contribution in [2.75, 3.05) is 18.1 Å². The lowest BCUT2D eigenvalue weighted by Gasteiger charge is -2.32. The van der Waals surface area contributed by atoms with Gasteiger partial charge < -0.3 is 9.84 Å². The fourth-order valence-electron chi connectivity index (χ4n) is 2.65. The zero-order valence-electron chi connectivity index (χ0n) is 10.5. The number of fused-ring (bicyclic) bond motifs is 1. The van der Waals surface area contributed by atoms with Gasteiger partial charge in [-0.3, -0.25) is 0 Å². The molecule has 2 heterocycles. The molecule has 0 aliphatic carbocycles. The molecule has 0 amide bonds. The second-order valence-corrected chi connectivity index (χ2v) is 7.56. The quantitative estimate of drug-likeness (QED) is 0.903. The Balaban J connectivity index is 1.88. The average molecular weight is 282 g/mol. The van der Waals surface area contributed by atoms with Crippen molar-refractivity contribution < 1.29 is 9.84 Å². The van der Waals surface area contributed by atoms with E-state index in [9.17, 15) is 5.11 Å². The van der Waals surface area contributed by atoms with Crippen molar-refractivity contribution in [2.45, 2.75) is 29.9 Å². The number of hydrogen-bond acceptors (Lipinski definition) is 4. The smallest absolute Gasteiger partial charge is 0.128 e. The lowest BCUT2D eigenvalue weighted by molar-refractivity contribution is 0.169. The van der Waals surface area contributed by atoms with E-state index in [4.69, 9.17) is 4.74 Å². The van der Waals surface area contributed by atoms with E-state index in [-0.39, 0.29) is 5.25 Å². The minimum atomic E-state index is -0.411. The molecule has 98 valence electrons. The molecule has 0 bridgehead atoms. The lowest BCUT2D eigenvalue weighted by atomic mass is 10.0. The number of rotatable bonds is 2. The maximum Gasteiger partial charge on any atom is 0.128 e. The van der Waals surface area contributed by atoms with Crippen molar-refractivity contribution >= 4 is 23.5 Å². The molecule has 2 aliphatic heterocycles. The van der Waals surface area contributed by atoms with Crippen LogP contribution < -0.4 is 4.74 Å². The molecule has 1 aromatic carbocycles. The fraction of sp³-hybridized carbons (Fsp3) is 0.571. The molecule has 1 saturated heterocycles. The van der Waals surface area contributed by atoms with Gasteiger partial charge in [-0.2, -0.15) is 23.5 Å². The fourth-order valence-corrected chi connectivity index (χ4v) is 5.47. The third-order valence-corrected chi connectivity index (χ3v) is 6.79. The van der Waals surface area contributed by atoms with E-state index in [2.05, 4.69) is 13.0 Å². The minimum Gasteiger partial charge on any atom is -0.493 e. The Kier molecular flexibility index (Phi) is 3.78. The van der Waals surface area contributed by atoms with Crippen molar-refractivity contribution in [1.29, 1.82) is 0 Å². The summed E-state index contributed by atoms with van der Waals surface area (Å²) in [6.45, 7) is 2.97. The standard InChI is InChI=1S/C14H18O2S2/c1-9-14(18-8-7-17-9)12(15)11-4-2-3-10-5-6-16-13(10)11/h2-4,9,12,14-15H,5-8H2,1H3. The molecule has 2 aliphatic rings. The van der Waals surface area contributed by atoms with Crippen LogP contribution in [0.4, 0.5) is 0 Å². The number of benzene rings is 1. The molecule has 3 unspecified atom stereocenters. The van der Waals surface area contributed by atoms with Crippen molar-refractivity contribution in [2.24, 2.45) is 0 Å². The van der Waals surface area contributed by atoms with Crippen LogP contribution in [0.3, 0.4) is 0 Å². The molecule has 0 aromatic heterocycles. The van der Waals surface area contributed by atoms with E-state index < -0.39 is 6.10 Å². The normalized spacial score (nSPS) is 28.6. The molecular weight excluding hydrogens is 264 g/mol. The van der Waals surface area contributed by atoms with Crippen molar-refractivity contribution in [3.63, 3.8) is 0 Å². The summed E-state index contributed by atoms with van der Waals surface area (Å²) in [5.74, 6) is 3.26. The first kappa shape index (κ1) is 12.7. The molecule has 2 nitrogen and oxygen atoms in total. The Morgan fingerprint density at radius 3 is 3.00 bits per heavy atom. The molecule has 18 heavy (non-hydrogen) atoms. The minimum absolute atomic E-state index is 0.277. The molecule has 1 fully saturated rings. The van der Waals surface area contributed by atoms with Crippen LogP contribution in [0.15, 0.2) is 18.2 Å².